The second-order valence-electron chi connectivity index (χ2n) is 4.74. The summed E-state index contributed by atoms with van der Waals surface area (Å²) < 4.78 is 11.7. The zero-order chi connectivity index (χ0) is 13.0. The highest BCUT2D eigenvalue weighted by molar-refractivity contribution is 6.21. The fourth-order valence-electron chi connectivity index (χ4n) is 2.12. The number of alkyl halides is 1. The predicted molar refractivity (Wildman–Crippen MR) is 74.5 cm³/mol. The number of hydrogen-bond acceptors (Lipinski definition) is 2. The van der Waals surface area contributed by atoms with Crippen LogP contribution in [0.3, 0.4) is 0 Å². The molecular weight excluding hydrogens is 248 g/mol. The molecule has 1 aliphatic rings. The average Bonchev–Trinajstić information content (AvgIpc) is 2.39. The van der Waals surface area contributed by atoms with E-state index in [9.17, 15) is 0 Å². The number of hydrogen-bond donors (Lipinski definition) is 0. The second kappa shape index (κ2) is 6.44. The van der Waals surface area contributed by atoms with E-state index in [1.165, 1.54) is 5.56 Å². The molecule has 1 fully saturated rings. The Kier molecular flexibility index (Phi) is 4.90. The number of halogens is 1. The third-order valence-electron chi connectivity index (χ3n) is 3.29. The minimum absolute atomic E-state index is 0.0388. The van der Waals surface area contributed by atoms with Crippen molar-refractivity contribution in [2.75, 3.05) is 6.61 Å². The molecule has 0 aromatic heterocycles. The van der Waals surface area contributed by atoms with Crippen LogP contribution in [0.25, 0.3) is 0 Å². The zero-order valence-electron chi connectivity index (χ0n) is 11.1. The van der Waals surface area contributed by atoms with Crippen molar-refractivity contribution in [3.8, 4) is 5.75 Å². The van der Waals surface area contributed by atoms with E-state index in [0.717, 1.165) is 31.6 Å². The highest BCUT2D eigenvalue weighted by Crippen LogP contribution is 2.33. The van der Waals surface area contributed by atoms with Crippen molar-refractivity contribution >= 4 is 11.6 Å². The maximum absolute atomic E-state index is 6.17. The Morgan fingerprint density at radius 1 is 1.33 bits per heavy atom. The molecule has 3 heteroatoms. The molecule has 1 aromatic carbocycles. The lowest BCUT2D eigenvalue weighted by molar-refractivity contribution is -0.0797. The van der Waals surface area contributed by atoms with Gasteiger partial charge in [-0.15, -0.1) is 11.6 Å². The Morgan fingerprint density at radius 3 is 2.83 bits per heavy atom. The van der Waals surface area contributed by atoms with Gasteiger partial charge >= 0.3 is 0 Å². The normalized spacial score (nSPS) is 26.7. The topological polar surface area (TPSA) is 18.5 Å². The average molecular weight is 269 g/mol. The monoisotopic (exact) mass is 268 g/mol. The third-order valence-corrected chi connectivity index (χ3v) is 3.72. The Hall–Kier alpha value is -0.730. The fourth-order valence-corrected chi connectivity index (χ4v) is 2.53. The van der Waals surface area contributed by atoms with E-state index in [-0.39, 0.29) is 17.6 Å². The largest absolute Gasteiger partial charge is 0.488 e. The van der Waals surface area contributed by atoms with Gasteiger partial charge in [0.2, 0.25) is 0 Å². The van der Waals surface area contributed by atoms with Crippen molar-refractivity contribution < 1.29 is 9.47 Å². The molecule has 1 aromatic rings. The van der Waals surface area contributed by atoms with Gasteiger partial charge in [-0.05, 0) is 30.5 Å². The standard InChI is InChI=1S/C15H21ClO2/c1-3-8-17-15-13(16)10-14(15)18-12-7-5-6-11(4-2)9-12/h5-7,9,13-15H,3-4,8,10H2,1-2H3. The lowest BCUT2D eigenvalue weighted by Crippen LogP contribution is -2.52. The van der Waals surface area contributed by atoms with Crippen molar-refractivity contribution in [3.63, 3.8) is 0 Å². The zero-order valence-corrected chi connectivity index (χ0v) is 11.8. The molecule has 0 radical (unpaired) electrons. The lowest BCUT2D eigenvalue weighted by atomic mass is 9.91. The van der Waals surface area contributed by atoms with Crippen LogP contribution in [0.5, 0.6) is 5.75 Å². The van der Waals surface area contributed by atoms with Crippen LogP contribution in [0.2, 0.25) is 0 Å². The van der Waals surface area contributed by atoms with Crippen LogP contribution in [0.1, 0.15) is 32.3 Å². The summed E-state index contributed by atoms with van der Waals surface area (Å²) in [6.45, 7) is 5.00. The molecule has 0 bridgehead atoms. The van der Waals surface area contributed by atoms with E-state index in [1.54, 1.807) is 0 Å². The van der Waals surface area contributed by atoms with Crippen LogP contribution >= 0.6 is 11.6 Å². The minimum Gasteiger partial charge on any atom is -0.488 e. The van der Waals surface area contributed by atoms with Gasteiger partial charge in [-0.1, -0.05) is 26.0 Å². The van der Waals surface area contributed by atoms with Crippen LogP contribution in [-0.4, -0.2) is 24.2 Å². The molecule has 100 valence electrons. The first-order valence-electron chi connectivity index (χ1n) is 6.75. The van der Waals surface area contributed by atoms with Crippen molar-refractivity contribution in [2.45, 2.75) is 50.7 Å². The summed E-state index contributed by atoms with van der Waals surface area (Å²) in [5.41, 5.74) is 1.29. The van der Waals surface area contributed by atoms with Gasteiger partial charge in [-0.3, -0.25) is 0 Å². The van der Waals surface area contributed by atoms with Gasteiger partial charge in [0.1, 0.15) is 18.0 Å². The molecule has 2 nitrogen and oxygen atoms in total. The van der Waals surface area contributed by atoms with Crippen LogP contribution in [0, 0.1) is 0 Å². The van der Waals surface area contributed by atoms with E-state index < -0.39 is 0 Å². The quantitative estimate of drug-likeness (QED) is 0.731. The molecular formula is C15H21ClO2. The van der Waals surface area contributed by atoms with Crippen molar-refractivity contribution in [2.24, 2.45) is 0 Å². The van der Waals surface area contributed by atoms with Gasteiger partial charge in [0, 0.05) is 13.0 Å². The molecule has 3 atom stereocenters. The molecule has 0 N–H and O–H groups in total. The molecule has 1 saturated carbocycles. The summed E-state index contributed by atoms with van der Waals surface area (Å²) in [6, 6.07) is 8.24. The van der Waals surface area contributed by atoms with E-state index in [0.29, 0.717) is 0 Å². The molecule has 2 rings (SSSR count). The lowest BCUT2D eigenvalue weighted by Gasteiger charge is -2.40. The fraction of sp³-hybridized carbons (Fsp3) is 0.600. The van der Waals surface area contributed by atoms with Gasteiger partial charge in [-0.2, -0.15) is 0 Å². The summed E-state index contributed by atoms with van der Waals surface area (Å²) >= 11 is 6.17. The Labute approximate surface area is 114 Å². The van der Waals surface area contributed by atoms with Gasteiger partial charge in [0.05, 0.1) is 5.38 Å². The molecule has 0 amide bonds. The van der Waals surface area contributed by atoms with Crippen LogP contribution in [0.4, 0.5) is 0 Å². The van der Waals surface area contributed by atoms with E-state index in [4.69, 9.17) is 21.1 Å². The number of rotatable bonds is 6. The van der Waals surface area contributed by atoms with E-state index >= 15 is 0 Å². The minimum atomic E-state index is 0.0388. The summed E-state index contributed by atoms with van der Waals surface area (Å²) in [5.74, 6) is 0.924. The summed E-state index contributed by atoms with van der Waals surface area (Å²) in [4.78, 5) is 0. The molecule has 0 aliphatic heterocycles. The van der Waals surface area contributed by atoms with Crippen LogP contribution in [0.15, 0.2) is 24.3 Å². The Bertz CT molecular complexity index is 381. The molecule has 0 heterocycles. The van der Waals surface area contributed by atoms with E-state index in [1.807, 2.05) is 12.1 Å². The first-order valence-corrected chi connectivity index (χ1v) is 7.19. The summed E-state index contributed by atoms with van der Waals surface area (Å²) in [5, 5.41) is 0.0934. The number of ether oxygens (including phenoxy) is 2. The highest BCUT2D eigenvalue weighted by Gasteiger charge is 2.42. The number of aryl methyl sites for hydroxylation is 1. The maximum Gasteiger partial charge on any atom is 0.128 e. The van der Waals surface area contributed by atoms with Gasteiger partial charge in [-0.25, -0.2) is 0 Å². The molecule has 0 saturated heterocycles. The molecule has 18 heavy (non-hydrogen) atoms. The second-order valence-corrected chi connectivity index (χ2v) is 5.30. The summed E-state index contributed by atoms with van der Waals surface area (Å²) in [6.07, 6.45) is 3.04. The van der Waals surface area contributed by atoms with Gasteiger partial charge in [0.15, 0.2) is 0 Å². The van der Waals surface area contributed by atoms with Crippen molar-refractivity contribution in [3.05, 3.63) is 29.8 Å². The van der Waals surface area contributed by atoms with Crippen LogP contribution in [-0.2, 0) is 11.2 Å². The van der Waals surface area contributed by atoms with Gasteiger partial charge in [0.25, 0.3) is 0 Å². The molecule has 1 aliphatic carbocycles. The SMILES string of the molecule is CCCOC1C(Cl)CC1Oc1cccc(CC)c1. The summed E-state index contributed by atoms with van der Waals surface area (Å²) in [7, 11) is 0. The van der Waals surface area contributed by atoms with Crippen molar-refractivity contribution in [1.29, 1.82) is 0 Å². The third kappa shape index (κ3) is 3.18. The smallest absolute Gasteiger partial charge is 0.128 e. The maximum atomic E-state index is 6.17. The van der Waals surface area contributed by atoms with Crippen LogP contribution < -0.4 is 4.74 Å². The highest BCUT2D eigenvalue weighted by atomic mass is 35.5. The van der Waals surface area contributed by atoms with Gasteiger partial charge < -0.3 is 9.47 Å². The Balaban J connectivity index is 1.92. The predicted octanol–water partition coefficient (Wildman–Crippen LogP) is 3.80. The first kappa shape index (κ1) is 13.7. The Morgan fingerprint density at radius 2 is 2.17 bits per heavy atom. The molecule has 3 unspecified atom stereocenters. The number of benzene rings is 1. The van der Waals surface area contributed by atoms with Crippen molar-refractivity contribution in [1.82, 2.24) is 0 Å². The van der Waals surface area contributed by atoms with E-state index in [2.05, 4.69) is 26.0 Å². The first-order chi connectivity index (χ1) is 8.74. The molecule has 0 spiro atoms.